The molecule has 0 spiro atoms. The van der Waals surface area contributed by atoms with Crippen LogP contribution in [0.25, 0.3) is 0 Å². The normalized spacial score (nSPS) is 11.3. The van der Waals surface area contributed by atoms with Gasteiger partial charge >= 0.3 is 18.0 Å². The molecule has 2 N–H and O–H groups in total. The predicted molar refractivity (Wildman–Crippen MR) is 63.4 cm³/mol. The number of amides is 2. The van der Waals surface area contributed by atoms with Gasteiger partial charge in [0.25, 0.3) is 0 Å². The third-order valence-electron chi connectivity index (χ3n) is 2.11. The van der Waals surface area contributed by atoms with E-state index in [2.05, 4.69) is 5.32 Å². The number of para-hydroxylation sites is 1. The Morgan fingerprint density at radius 2 is 1.68 bits per heavy atom. The summed E-state index contributed by atoms with van der Waals surface area (Å²) in [5.41, 5.74) is -1.44. The molecule has 19 heavy (non-hydrogen) atoms. The number of nitrogens with one attached hydrogen (secondary N) is 2. The largest absolute Gasteiger partial charge is 0.418 e. The van der Waals surface area contributed by atoms with Gasteiger partial charge in [-0.3, -0.25) is 9.59 Å². The van der Waals surface area contributed by atoms with Gasteiger partial charge in [-0.15, -0.1) is 0 Å². The maximum atomic E-state index is 12.7. The van der Waals surface area contributed by atoms with Gasteiger partial charge in [-0.1, -0.05) is 12.1 Å². The second-order valence-electron chi connectivity index (χ2n) is 4.13. The van der Waals surface area contributed by atoms with Crippen LogP contribution < -0.4 is 10.6 Å². The van der Waals surface area contributed by atoms with Crippen LogP contribution in [0.1, 0.15) is 19.4 Å². The number of anilines is 1. The Morgan fingerprint density at radius 3 is 2.21 bits per heavy atom. The SMILES string of the molecule is CC(C)NC(=O)C(=O)Nc1ccccc1C(F)(F)F. The molecule has 2 amide bonds. The number of hydrogen-bond acceptors (Lipinski definition) is 2. The highest BCUT2D eigenvalue weighted by Gasteiger charge is 2.34. The van der Waals surface area contributed by atoms with Gasteiger partial charge in [0.1, 0.15) is 0 Å². The van der Waals surface area contributed by atoms with Gasteiger partial charge in [0.2, 0.25) is 0 Å². The lowest BCUT2D eigenvalue weighted by Crippen LogP contribution is -2.39. The molecule has 0 unspecified atom stereocenters. The number of benzene rings is 1. The van der Waals surface area contributed by atoms with Crippen molar-refractivity contribution >= 4 is 17.5 Å². The molecule has 0 aliphatic carbocycles. The molecule has 0 bridgehead atoms. The lowest BCUT2D eigenvalue weighted by Gasteiger charge is -2.14. The third kappa shape index (κ3) is 4.27. The van der Waals surface area contributed by atoms with E-state index in [1.165, 1.54) is 12.1 Å². The van der Waals surface area contributed by atoms with Crippen LogP contribution in [0, 0.1) is 0 Å². The molecule has 0 aliphatic rings. The zero-order chi connectivity index (χ0) is 14.6. The first-order valence-electron chi connectivity index (χ1n) is 5.50. The molecule has 0 fully saturated rings. The van der Waals surface area contributed by atoms with Crippen molar-refractivity contribution in [2.24, 2.45) is 0 Å². The number of alkyl halides is 3. The number of rotatable bonds is 2. The Morgan fingerprint density at radius 1 is 1.11 bits per heavy atom. The Kier molecular flexibility index (Phi) is 4.52. The molecule has 0 aliphatic heterocycles. The lowest BCUT2D eigenvalue weighted by molar-refractivity contribution is -0.138. The van der Waals surface area contributed by atoms with Crippen LogP contribution in [0.4, 0.5) is 18.9 Å². The summed E-state index contributed by atoms with van der Waals surface area (Å²) in [5.74, 6) is -2.11. The Bertz CT molecular complexity index is 484. The van der Waals surface area contributed by atoms with E-state index >= 15 is 0 Å². The van der Waals surface area contributed by atoms with Gasteiger partial charge in [-0.05, 0) is 26.0 Å². The van der Waals surface area contributed by atoms with Crippen LogP contribution in [0.3, 0.4) is 0 Å². The predicted octanol–water partition coefficient (Wildman–Crippen LogP) is 2.17. The van der Waals surface area contributed by atoms with E-state index in [9.17, 15) is 22.8 Å². The van der Waals surface area contributed by atoms with Crippen molar-refractivity contribution in [3.63, 3.8) is 0 Å². The molecule has 1 aromatic rings. The van der Waals surface area contributed by atoms with Crippen LogP contribution in [-0.4, -0.2) is 17.9 Å². The lowest BCUT2D eigenvalue weighted by atomic mass is 10.1. The first-order valence-corrected chi connectivity index (χ1v) is 5.50. The fourth-order valence-electron chi connectivity index (χ4n) is 1.35. The Labute approximate surface area is 108 Å². The molecule has 104 valence electrons. The second kappa shape index (κ2) is 5.73. The molecule has 7 heteroatoms. The minimum atomic E-state index is -4.60. The van der Waals surface area contributed by atoms with Gasteiger partial charge in [0, 0.05) is 6.04 Å². The minimum absolute atomic E-state index is 0.281. The fourth-order valence-corrected chi connectivity index (χ4v) is 1.35. The minimum Gasteiger partial charge on any atom is -0.346 e. The summed E-state index contributed by atoms with van der Waals surface area (Å²) in [6.07, 6.45) is -4.60. The molecule has 0 saturated heterocycles. The van der Waals surface area contributed by atoms with Crippen LogP contribution >= 0.6 is 0 Å². The van der Waals surface area contributed by atoms with E-state index < -0.39 is 29.2 Å². The number of carbonyl (C=O) groups excluding carboxylic acids is 2. The van der Waals surface area contributed by atoms with E-state index in [4.69, 9.17) is 0 Å². The maximum Gasteiger partial charge on any atom is 0.418 e. The molecule has 0 radical (unpaired) electrons. The second-order valence-corrected chi connectivity index (χ2v) is 4.13. The monoisotopic (exact) mass is 274 g/mol. The molecule has 4 nitrogen and oxygen atoms in total. The highest BCUT2D eigenvalue weighted by atomic mass is 19.4. The molecule has 1 rings (SSSR count). The number of hydrogen-bond donors (Lipinski definition) is 2. The molecule has 0 heterocycles. The standard InChI is InChI=1S/C12H13F3N2O2/c1-7(2)16-10(18)11(19)17-9-6-4-3-5-8(9)12(13,14)15/h3-7H,1-2H3,(H,16,18)(H,17,19). The van der Waals surface area contributed by atoms with Gasteiger partial charge in [0.05, 0.1) is 11.3 Å². The van der Waals surface area contributed by atoms with Crippen LogP contribution in [0.2, 0.25) is 0 Å². The van der Waals surface area contributed by atoms with Crippen LogP contribution in [-0.2, 0) is 15.8 Å². The number of halogens is 3. The maximum absolute atomic E-state index is 12.7. The molecule has 0 aromatic heterocycles. The van der Waals surface area contributed by atoms with E-state index in [0.717, 1.165) is 12.1 Å². The topological polar surface area (TPSA) is 58.2 Å². The zero-order valence-corrected chi connectivity index (χ0v) is 10.3. The average molecular weight is 274 g/mol. The summed E-state index contributed by atoms with van der Waals surface area (Å²) in [6.45, 7) is 3.27. The van der Waals surface area contributed by atoms with E-state index in [-0.39, 0.29) is 6.04 Å². The van der Waals surface area contributed by atoms with Crippen molar-refractivity contribution in [2.45, 2.75) is 26.1 Å². The van der Waals surface area contributed by atoms with Crippen molar-refractivity contribution in [3.8, 4) is 0 Å². The zero-order valence-electron chi connectivity index (χ0n) is 10.3. The van der Waals surface area contributed by atoms with Gasteiger partial charge in [-0.25, -0.2) is 0 Å². The van der Waals surface area contributed by atoms with Gasteiger partial charge < -0.3 is 10.6 Å². The first-order chi connectivity index (χ1) is 8.71. The van der Waals surface area contributed by atoms with E-state index in [1.807, 2.05) is 5.32 Å². The quantitative estimate of drug-likeness (QED) is 0.812. The smallest absolute Gasteiger partial charge is 0.346 e. The van der Waals surface area contributed by atoms with Crippen molar-refractivity contribution in [3.05, 3.63) is 29.8 Å². The Hall–Kier alpha value is -2.05. The van der Waals surface area contributed by atoms with Crippen molar-refractivity contribution in [1.82, 2.24) is 5.32 Å². The van der Waals surface area contributed by atoms with E-state index in [1.54, 1.807) is 13.8 Å². The summed E-state index contributed by atoms with van der Waals surface area (Å²) in [6, 6.07) is 4.17. The molecule has 1 aromatic carbocycles. The molecule has 0 saturated carbocycles. The van der Waals surface area contributed by atoms with Crippen LogP contribution in [0.15, 0.2) is 24.3 Å². The highest BCUT2D eigenvalue weighted by molar-refractivity contribution is 6.39. The van der Waals surface area contributed by atoms with E-state index in [0.29, 0.717) is 0 Å². The summed E-state index contributed by atoms with van der Waals surface area (Å²) in [4.78, 5) is 22.8. The molecular weight excluding hydrogens is 261 g/mol. The molecular formula is C12H13F3N2O2. The van der Waals surface area contributed by atoms with Crippen molar-refractivity contribution < 1.29 is 22.8 Å². The van der Waals surface area contributed by atoms with Crippen LogP contribution in [0.5, 0.6) is 0 Å². The third-order valence-corrected chi connectivity index (χ3v) is 2.11. The Balaban J connectivity index is 2.89. The summed E-state index contributed by atoms with van der Waals surface area (Å²) in [5, 5.41) is 4.24. The van der Waals surface area contributed by atoms with Gasteiger partial charge in [0.15, 0.2) is 0 Å². The molecule has 0 atom stereocenters. The first kappa shape index (κ1) is 15.0. The average Bonchev–Trinajstić information content (AvgIpc) is 2.27. The summed E-state index contributed by atoms with van der Waals surface area (Å²) in [7, 11) is 0. The van der Waals surface area contributed by atoms with Crippen molar-refractivity contribution in [1.29, 1.82) is 0 Å². The van der Waals surface area contributed by atoms with Crippen molar-refractivity contribution in [2.75, 3.05) is 5.32 Å². The summed E-state index contributed by atoms with van der Waals surface area (Å²) < 4.78 is 38.0. The van der Waals surface area contributed by atoms with Gasteiger partial charge in [-0.2, -0.15) is 13.2 Å². The fraction of sp³-hybridized carbons (Fsp3) is 0.333. The highest BCUT2D eigenvalue weighted by Crippen LogP contribution is 2.34. The summed E-state index contributed by atoms with van der Waals surface area (Å²) >= 11 is 0. The number of carbonyl (C=O) groups is 2.